The van der Waals surface area contributed by atoms with Crippen LogP contribution in [-0.2, 0) is 6.54 Å². The Bertz CT molecular complexity index is 602. The van der Waals surface area contributed by atoms with Crippen molar-refractivity contribution < 1.29 is 9.53 Å². The second-order valence-corrected chi connectivity index (χ2v) is 4.58. The lowest BCUT2D eigenvalue weighted by atomic mass is 10.2. The predicted molar refractivity (Wildman–Crippen MR) is 82.7 cm³/mol. The highest BCUT2D eigenvalue weighted by molar-refractivity contribution is 6.32. The number of halogens is 1. The second-order valence-electron chi connectivity index (χ2n) is 4.23. The van der Waals surface area contributed by atoms with Crippen LogP contribution in [0.4, 0.5) is 10.5 Å². The van der Waals surface area contributed by atoms with E-state index in [4.69, 9.17) is 16.3 Å². The fourth-order valence-corrected chi connectivity index (χ4v) is 1.86. The molecule has 0 aliphatic carbocycles. The number of nitrogens with one attached hydrogen (secondary N) is 2. The summed E-state index contributed by atoms with van der Waals surface area (Å²) < 4.78 is 5.36. The van der Waals surface area contributed by atoms with Crippen LogP contribution in [0.25, 0.3) is 0 Å². The molecule has 1 aromatic heterocycles. The SMILES string of the molecule is CCOc1ccc(CNC(=O)Nc2cccnc2Cl)cc1. The lowest BCUT2D eigenvalue weighted by Crippen LogP contribution is -2.28. The average Bonchev–Trinajstić information content (AvgIpc) is 2.49. The van der Waals surface area contributed by atoms with Gasteiger partial charge in [-0.3, -0.25) is 0 Å². The molecule has 2 amide bonds. The van der Waals surface area contributed by atoms with Crippen molar-refractivity contribution in [1.82, 2.24) is 10.3 Å². The van der Waals surface area contributed by atoms with Crippen molar-refractivity contribution in [3.05, 3.63) is 53.3 Å². The molecule has 2 rings (SSSR count). The van der Waals surface area contributed by atoms with Crippen LogP contribution in [0.2, 0.25) is 5.15 Å². The molecule has 0 spiro atoms. The van der Waals surface area contributed by atoms with Crippen LogP contribution in [0.5, 0.6) is 5.75 Å². The van der Waals surface area contributed by atoms with Gasteiger partial charge in [-0.25, -0.2) is 9.78 Å². The van der Waals surface area contributed by atoms with Crippen LogP contribution in [0, 0.1) is 0 Å². The number of aromatic nitrogens is 1. The first-order chi connectivity index (χ1) is 10.2. The molecule has 110 valence electrons. The van der Waals surface area contributed by atoms with Gasteiger partial charge in [0.1, 0.15) is 5.75 Å². The number of carbonyl (C=O) groups excluding carboxylic acids is 1. The Morgan fingerprint density at radius 2 is 2.05 bits per heavy atom. The van der Waals surface area contributed by atoms with Gasteiger partial charge in [0.05, 0.1) is 12.3 Å². The Kier molecular flexibility index (Phi) is 5.40. The molecule has 5 nitrogen and oxygen atoms in total. The highest BCUT2D eigenvalue weighted by Gasteiger charge is 2.05. The summed E-state index contributed by atoms with van der Waals surface area (Å²) in [6.07, 6.45) is 1.56. The van der Waals surface area contributed by atoms with Gasteiger partial charge in [-0.05, 0) is 36.8 Å². The van der Waals surface area contributed by atoms with E-state index in [0.717, 1.165) is 11.3 Å². The molecule has 0 radical (unpaired) electrons. The summed E-state index contributed by atoms with van der Waals surface area (Å²) in [5, 5.41) is 5.65. The summed E-state index contributed by atoms with van der Waals surface area (Å²) in [5.41, 5.74) is 1.45. The molecule has 0 atom stereocenters. The van der Waals surface area contributed by atoms with Crippen molar-refractivity contribution in [2.45, 2.75) is 13.5 Å². The molecule has 6 heteroatoms. The van der Waals surface area contributed by atoms with Gasteiger partial charge in [0.15, 0.2) is 5.15 Å². The summed E-state index contributed by atoms with van der Waals surface area (Å²) in [6.45, 7) is 2.98. The van der Waals surface area contributed by atoms with E-state index in [1.54, 1.807) is 18.3 Å². The van der Waals surface area contributed by atoms with Crippen LogP contribution in [-0.4, -0.2) is 17.6 Å². The second kappa shape index (κ2) is 7.50. The van der Waals surface area contributed by atoms with Crippen molar-refractivity contribution in [2.24, 2.45) is 0 Å². The first-order valence-electron chi connectivity index (χ1n) is 6.56. The van der Waals surface area contributed by atoms with Crippen LogP contribution >= 0.6 is 11.6 Å². The zero-order chi connectivity index (χ0) is 15.1. The van der Waals surface area contributed by atoms with Crippen molar-refractivity contribution in [2.75, 3.05) is 11.9 Å². The Morgan fingerprint density at radius 3 is 2.71 bits per heavy atom. The van der Waals surface area contributed by atoms with E-state index >= 15 is 0 Å². The van der Waals surface area contributed by atoms with Gasteiger partial charge in [0.25, 0.3) is 0 Å². The minimum atomic E-state index is -0.334. The standard InChI is InChI=1S/C15H16ClN3O2/c1-2-21-12-7-5-11(6-8-12)10-18-15(20)19-13-4-3-9-17-14(13)16/h3-9H,2,10H2,1H3,(H2,18,19,20). The Hall–Kier alpha value is -2.27. The average molecular weight is 306 g/mol. The third-order valence-electron chi connectivity index (χ3n) is 2.69. The van der Waals surface area contributed by atoms with Gasteiger partial charge in [-0.2, -0.15) is 0 Å². The van der Waals surface area contributed by atoms with Crippen molar-refractivity contribution >= 4 is 23.3 Å². The molecule has 0 saturated carbocycles. The minimum absolute atomic E-state index is 0.258. The normalized spacial score (nSPS) is 10.0. The largest absolute Gasteiger partial charge is 0.494 e. The lowest BCUT2D eigenvalue weighted by Gasteiger charge is -2.09. The summed E-state index contributed by atoms with van der Waals surface area (Å²) in [4.78, 5) is 15.7. The molecule has 0 aliphatic heterocycles. The zero-order valence-electron chi connectivity index (χ0n) is 11.6. The third-order valence-corrected chi connectivity index (χ3v) is 3.00. The van der Waals surface area contributed by atoms with Gasteiger partial charge < -0.3 is 15.4 Å². The van der Waals surface area contributed by atoms with Crippen molar-refractivity contribution in [3.63, 3.8) is 0 Å². The van der Waals surface area contributed by atoms with Crippen LogP contribution in [0.15, 0.2) is 42.6 Å². The topological polar surface area (TPSA) is 63.2 Å². The quantitative estimate of drug-likeness (QED) is 0.832. The monoisotopic (exact) mass is 305 g/mol. The molecule has 1 heterocycles. The van der Waals surface area contributed by atoms with Crippen molar-refractivity contribution in [3.8, 4) is 5.75 Å². The molecule has 0 aliphatic rings. The van der Waals surface area contributed by atoms with Gasteiger partial charge in [0, 0.05) is 12.7 Å². The molecular weight excluding hydrogens is 290 g/mol. The minimum Gasteiger partial charge on any atom is -0.494 e. The number of hydrogen-bond acceptors (Lipinski definition) is 3. The van der Waals surface area contributed by atoms with E-state index in [0.29, 0.717) is 18.8 Å². The summed E-state index contributed by atoms with van der Waals surface area (Å²) in [5.74, 6) is 0.813. The van der Waals surface area contributed by atoms with E-state index in [9.17, 15) is 4.79 Å². The first-order valence-corrected chi connectivity index (χ1v) is 6.94. The Labute approximate surface area is 128 Å². The highest BCUT2D eigenvalue weighted by atomic mass is 35.5. The molecule has 2 N–H and O–H groups in total. The number of urea groups is 1. The zero-order valence-corrected chi connectivity index (χ0v) is 12.4. The van der Waals surface area contributed by atoms with Crippen molar-refractivity contribution in [1.29, 1.82) is 0 Å². The molecule has 2 aromatic rings. The Balaban J connectivity index is 1.85. The summed E-state index contributed by atoms with van der Waals surface area (Å²) >= 11 is 5.87. The number of pyridine rings is 1. The lowest BCUT2D eigenvalue weighted by molar-refractivity contribution is 0.251. The maximum Gasteiger partial charge on any atom is 0.319 e. The first kappa shape index (κ1) is 15.1. The number of hydrogen-bond donors (Lipinski definition) is 2. The Morgan fingerprint density at radius 1 is 1.29 bits per heavy atom. The smallest absolute Gasteiger partial charge is 0.319 e. The van der Waals surface area contributed by atoms with Gasteiger partial charge in [-0.1, -0.05) is 23.7 Å². The molecule has 1 aromatic carbocycles. The molecule has 0 unspecified atom stereocenters. The van der Waals surface area contributed by atoms with E-state index in [-0.39, 0.29) is 11.2 Å². The van der Waals surface area contributed by atoms with E-state index in [1.807, 2.05) is 31.2 Å². The fraction of sp³-hybridized carbons (Fsp3) is 0.200. The maximum atomic E-state index is 11.8. The van der Waals surface area contributed by atoms with E-state index in [1.165, 1.54) is 0 Å². The number of ether oxygens (including phenoxy) is 1. The van der Waals surface area contributed by atoms with Gasteiger partial charge in [-0.15, -0.1) is 0 Å². The van der Waals surface area contributed by atoms with Crippen LogP contribution in [0.3, 0.4) is 0 Å². The van der Waals surface area contributed by atoms with E-state index in [2.05, 4.69) is 15.6 Å². The summed E-state index contributed by atoms with van der Waals surface area (Å²) in [6, 6.07) is 10.6. The van der Waals surface area contributed by atoms with Gasteiger partial charge >= 0.3 is 6.03 Å². The summed E-state index contributed by atoms with van der Waals surface area (Å²) in [7, 11) is 0. The van der Waals surface area contributed by atoms with Crippen LogP contribution < -0.4 is 15.4 Å². The number of nitrogens with zero attached hydrogens (tertiary/aromatic N) is 1. The van der Waals surface area contributed by atoms with E-state index < -0.39 is 0 Å². The molecule has 0 bridgehead atoms. The fourth-order valence-electron chi connectivity index (χ4n) is 1.70. The highest BCUT2D eigenvalue weighted by Crippen LogP contribution is 2.17. The number of rotatable bonds is 5. The van der Waals surface area contributed by atoms with Gasteiger partial charge in [0.2, 0.25) is 0 Å². The molecule has 0 fully saturated rings. The molecule has 21 heavy (non-hydrogen) atoms. The number of carbonyl (C=O) groups is 1. The molecule has 0 saturated heterocycles. The molecular formula is C15H16ClN3O2. The third kappa shape index (κ3) is 4.65. The number of benzene rings is 1. The number of amides is 2. The van der Waals surface area contributed by atoms with Crippen LogP contribution in [0.1, 0.15) is 12.5 Å². The maximum absolute atomic E-state index is 11.8. The number of anilines is 1. The predicted octanol–water partition coefficient (Wildman–Crippen LogP) is 3.46.